The van der Waals surface area contributed by atoms with Gasteiger partial charge in [0.1, 0.15) is 13.2 Å². The second kappa shape index (κ2) is 56.2. The minimum Gasteiger partial charge on any atom is -0.462 e. The van der Waals surface area contributed by atoms with Gasteiger partial charge in [-0.2, -0.15) is 0 Å². The van der Waals surface area contributed by atoms with Gasteiger partial charge >= 0.3 is 17.9 Å². The fourth-order valence-corrected chi connectivity index (χ4v) is 7.85. The lowest BCUT2D eigenvalue weighted by Crippen LogP contribution is -2.30. The van der Waals surface area contributed by atoms with Gasteiger partial charge in [0.25, 0.3) is 0 Å². The number of unbranched alkanes of at least 4 members (excludes halogenated alkanes) is 26. The number of rotatable bonds is 51. The van der Waals surface area contributed by atoms with E-state index in [1.807, 2.05) is 0 Å². The van der Waals surface area contributed by atoms with Crippen molar-refractivity contribution in [1.82, 2.24) is 0 Å². The van der Waals surface area contributed by atoms with Gasteiger partial charge in [0.15, 0.2) is 6.10 Å². The van der Waals surface area contributed by atoms with Crippen LogP contribution in [0.2, 0.25) is 0 Å². The summed E-state index contributed by atoms with van der Waals surface area (Å²) in [5.41, 5.74) is 0. The molecule has 0 fully saturated rings. The summed E-state index contributed by atoms with van der Waals surface area (Å²) >= 11 is 0. The highest BCUT2D eigenvalue weighted by Gasteiger charge is 2.19. The average molecular weight is 948 g/mol. The Morgan fingerprint density at radius 2 is 0.574 bits per heavy atom. The van der Waals surface area contributed by atoms with Crippen LogP contribution in [0.1, 0.15) is 271 Å². The molecule has 1 unspecified atom stereocenters. The van der Waals surface area contributed by atoms with E-state index in [-0.39, 0.29) is 31.1 Å². The first-order valence-electron chi connectivity index (χ1n) is 28.6. The maximum atomic E-state index is 12.7. The molecule has 6 heteroatoms. The van der Waals surface area contributed by atoms with Crippen molar-refractivity contribution in [2.75, 3.05) is 13.2 Å². The van der Waals surface area contributed by atoms with Gasteiger partial charge < -0.3 is 14.2 Å². The zero-order valence-corrected chi connectivity index (χ0v) is 44.6. The number of carbonyl (C=O) groups is 3. The third-order valence-electron chi connectivity index (χ3n) is 12.1. The topological polar surface area (TPSA) is 78.9 Å². The van der Waals surface area contributed by atoms with E-state index in [4.69, 9.17) is 14.2 Å². The minimum absolute atomic E-state index is 0.0780. The molecule has 0 aliphatic rings. The van der Waals surface area contributed by atoms with Crippen molar-refractivity contribution in [2.24, 2.45) is 0 Å². The maximum Gasteiger partial charge on any atom is 0.306 e. The van der Waals surface area contributed by atoms with Crippen molar-refractivity contribution < 1.29 is 28.6 Å². The smallest absolute Gasteiger partial charge is 0.306 e. The van der Waals surface area contributed by atoms with E-state index in [0.29, 0.717) is 19.3 Å². The summed E-state index contributed by atoms with van der Waals surface area (Å²) in [6, 6.07) is 0. The fourth-order valence-electron chi connectivity index (χ4n) is 7.85. The minimum atomic E-state index is -0.776. The lowest BCUT2D eigenvalue weighted by atomic mass is 10.0. The largest absolute Gasteiger partial charge is 0.462 e. The van der Waals surface area contributed by atoms with Crippen LogP contribution >= 0.6 is 0 Å². The normalized spacial score (nSPS) is 12.7. The lowest BCUT2D eigenvalue weighted by molar-refractivity contribution is -0.167. The second-order valence-corrected chi connectivity index (χ2v) is 18.8. The van der Waals surface area contributed by atoms with Gasteiger partial charge in [-0.25, -0.2) is 0 Å². The van der Waals surface area contributed by atoms with Crippen molar-refractivity contribution in [2.45, 2.75) is 277 Å². The van der Waals surface area contributed by atoms with Crippen LogP contribution in [-0.2, 0) is 28.6 Å². The van der Waals surface area contributed by atoms with E-state index in [9.17, 15) is 14.4 Å². The van der Waals surface area contributed by atoms with Crippen molar-refractivity contribution in [1.29, 1.82) is 0 Å². The van der Waals surface area contributed by atoms with Crippen molar-refractivity contribution in [3.8, 4) is 0 Å². The molecule has 0 spiro atoms. The van der Waals surface area contributed by atoms with Gasteiger partial charge in [0, 0.05) is 19.3 Å². The highest BCUT2D eigenvalue weighted by atomic mass is 16.6. The number of allylic oxidation sites excluding steroid dienone is 14. The van der Waals surface area contributed by atoms with Crippen LogP contribution < -0.4 is 0 Å². The van der Waals surface area contributed by atoms with Gasteiger partial charge in [-0.1, -0.05) is 241 Å². The summed E-state index contributed by atoms with van der Waals surface area (Å²) in [6.07, 6.45) is 73.2. The molecule has 6 nitrogen and oxygen atoms in total. The van der Waals surface area contributed by atoms with Crippen molar-refractivity contribution >= 4 is 17.9 Å². The SMILES string of the molecule is CC/C=C\C/C=C\C/C=C\C/C=C\C/C=C\C/C=C\CCCCCCCCCCCCCCC(=O)OCC(COC(=O)CCCCCCCCC)OC(=O)CCCCCCC/C=C\CCCCC. The van der Waals surface area contributed by atoms with Crippen molar-refractivity contribution in [3.63, 3.8) is 0 Å². The molecule has 0 aliphatic heterocycles. The lowest BCUT2D eigenvalue weighted by Gasteiger charge is -2.18. The Morgan fingerprint density at radius 3 is 0.941 bits per heavy atom. The molecule has 0 amide bonds. The summed E-state index contributed by atoms with van der Waals surface area (Å²) in [6.45, 7) is 6.45. The molecule has 0 radical (unpaired) electrons. The third-order valence-corrected chi connectivity index (χ3v) is 12.1. The number of esters is 3. The predicted octanol–water partition coefficient (Wildman–Crippen LogP) is 19.2. The second-order valence-electron chi connectivity index (χ2n) is 18.8. The molecule has 390 valence electrons. The van der Waals surface area contributed by atoms with E-state index >= 15 is 0 Å². The van der Waals surface area contributed by atoms with Gasteiger partial charge in [-0.05, 0) is 96.3 Å². The molecule has 0 aliphatic carbocycles. The summed E-state index contributed by atoms with van der Waals surface area (Å²) in [5.74, 6) is -0.893. The first-order chi connectivity index (χ1) is 33.5. The first kappa shape index (κ1) is 64.6. The molecule has 0 bridgehead atoms. The Kier molecular flexibility index (Phi) is 53.4. The molecule has 0 rings (SSSR count). The van der Waals surface area contributed by atoms with Crippen LogP contribution in [0.4, 0.5) is 0 Å². The highest BCUT2D eigenvalue weighted by Crippen LogP contribution is 2.15. The van der Waals surface area contributed by atoms with Gasteiger partial charge in [0.2, 0.25) is 0 Å². The van der Waals surface area contributed by atoms with Gasteiger partial charge in [-0.3, -0.25) is 14.4 Å². The van der Waals surface area contributed by atoms with Crippen LogP contribution in [0.5, 0.6) is 0 Å². The Hall–Kier alpha value is -3.41. The predicted molar refractivity (Wildman–Crippen MR) is 293 cm³/mol. The van der Waals surface area contributed by atoms with Crippen LogP contribution in [0.25, 0.3) is 0 Å². The Morgan fingerprint density at radius 1 is 0.309 bits per heavy atom. The molecule has 0 N–H and O–H groups in total. The summed E-state index contributed by atoms with van der Waals surface area (Å²) in [7, 11) is 0. The molecule has 1 atom stereocenters. The number of hydrogen-bond donors (Lipinski definition) is 0. The van der Waals surface area contributed by atoms with E-state index in [1.165, 1.54) is 122 Å². The standard InChI is InChI=1S/C62H106O6/c1-4-7-10-13-16-18-20-22-23-24-25-26-27-28-29-30-31-32-33-34-35-36-37-38-39-40-42-43-46-49-52-55-61(64)67-58-59(57-66-60(63)54-51-48-45-15-12-9-6-3)68-62(65)56-53-50-47-44-41-21-19-17-14-11-8-5-2/h7,10,16-19,22-23,25-26,28-29,31-32,59H,4-6,8-9,11-15,20-21,24,27,30,33-58H2,1-3H3/b10-7-,18-16-,19-17-,23-22-,26-25-,29-28-,32-31-. The zero-order chi connectivity index (χ0) is 49.3. The molecule has 0 saturated carbocycles. The van der Waals surface area contributed by atoms with Crippen LogP contribution in [0.15, 0.2) is 85.1 Å². The first-order valence-corrected chi connectivity index (χ1v) is 28.6. The van der Waals surface area contributed by atoms with E-state index in [1.54, 1.807) is 0 Å². The van der Waals surface area contributed by atoms with Crippen LogP contribution in [0.3, 0.4) is 0 Å². The average Bonchev–Trinajstić information content (AvgIpc) is 3.34. The fraction of sp³-hybridized carbons (Fsp3) is 0.726. The van der Waals surface area contributed by atoms with E-state index in [2.05, 4.69) is 106 Å². The van der Waals surface area contributed by atoms with E-state index in [0.717, 1.165) is 109 Å². The molecule has 68 heavy (non-hydrogen) atoms. The monoisotopic (exact) mass is 947 g/mol. The van der Waals surface area contributed by atoms with Crippen LogP contribution in [0, 0.1) is 0 Å². The zero-order valence-electron chi connectivity index (χ0n) is 44.6. The Labute approximate surface area is 420 Å². The van der Waals surface area contributed by atoms with Gasteiger partial charge in [-0.15, -0.1) is 0 Å². The number of carbonyl (C=O) groups excluding carboxylic acids is 3. The summed E-state index contributed by atoms with van der Waals surface area (Å²) in [5, 5.41) is 0. The molecule has 0 saturated heterocycles. The van der Waals surface area contributed by atoms with Gasteiger partial charge in [0.05, 0.1) is 0 Å². The van der Waals surface area contributed by atoms with Crippen molar-refractivity contribution in [3.05, 3.63) is 85.1 Å². The number of hydrogen-bond acceptors (Lipinski definition) is 6. The molecular weight excluding hydrogens is 841 g/mol. The van der Waals surface area contributed by atoms with Crippen LogP contribution in [-0.4, -0.2) is 37.2 Å². The molecule has 0 aromatic carbocycles. The molecule has 0 heterocycles. The molecule has 0 aromatic heterocycles. The Balaban J connectivity index is 4.06. The maximum absolute atomic E-state index is 12.7. The van der Waals surface area contributed by atoms with E-state index < -0.39 is 6.10 Å². The Bertz CT molecular complexity index is 1320. The number of ether oxygens (including phenoxy) is 3. The summed E-state index contributed by atoms with van der Waals surface area (Å²) < 4.78 is 16.7. The summed E-state index contributed by atoms with van der Waals surface area (Å²) in [4.78, 5) is 37.8. The molecular formula is C62H106O6. The molecule has 0 aromatic rings. The third kappa shape index (κ3) is 53.5. The highest BCUT2D eigenvalue weighted by molar-refractivity contribution is 5.71. The quantitative estimate of drug-likeness (QED) is 0.0262.